The smallest absolute Gasteiger partial charge is 0.317 e. The number of thiophene rings is 1. The molecule has 1 aliphatic carbocycles. The predicted octanol–water partition coefficient (Wildman–Crippen LogP) is 3.93. The Morgan fingerprint density at radius 2 is 1.93 bits per heavy atom. The Balaban J connectivity index is 1.25. The molecule has 0 radical (unpaired) electrons. The quantitative estimate of drug-likeness (QED) is 0.759. The molecule has 2 amide bonds. The fraction of sp³-hybridized carbons (Fsp3) is 0.522. The lowest BCUT2D eigenvalue weighted by Gasteiger charge is -2.39. The van der Waals surface area contributed by atoms with E-state index in [0.717, 1.165) is 63.8 Å². The van der Waals surface area contributed by atoms with Crippen LogP contribution in [0.3, 0.4) is 0 Å². The summed E-state index contributed by atoms with van der Waals surface area (Å²) in [5, 5.41) is 6.04. The first-order valence-corrected chi connectivity index (χ1v) is 12.2. The Kier molecular flexibility index (Phi) is 5.75. The van der Waals surface area contributed by atoms with Gasteiger partial charge in [-0.1, -0.05) is 17.7 Å². The van der Waals surface area contributed by atoms with E-state index in [1.54, 1.807) is 0 Å². The van der Waals surface area contributed by atoms with E-state index in [1.165, 1.54) is 21.6 Å². The largest absolute Gasteiger partial charge is 0.336 e. The van der Waals surface area contributed by atoms with Gasteiger partial charge in [-0.25, -0.2) is 4.79 Å². The van der Waals surface area contributed by atoms with Crippen LogP contribution in [0.4, 0.5) is 4.79 Å². The number of rotatable bonds is 5. The zero-order chi connectivity index (χ0) is 20.7. The highest BCUT2D eigenvalue weighted by molar-refractivity contribution is 7.10. The van der Waals surface area contributed by atoms with Gasteiger partial charge in [0.15, 0.2) is 0 Å². The molecule has 2 aromatic rings. The van der Waals surface area contributed by atoms with Gasteiger partial charge in [0.05, 0.1) is 0 Å². The summed E-state index contributed by atoms with van der Waals surface area (Å²) in [6.07, 6.45) is 1.14. The third-order valence-electron chi connectivity index (χ3n) is 6.87. The van der Waals surface area contributed by atoms with Gasteiger partial charge in [-0.3, -0.25) is 9.80 Å². The van der Waals surface area contributed by atoms with Crippen LogP contribution >= 0.6 is 22.9 Å². The van der Waals surface area contributed by atoms with Crippen molar-refractivity contribution in [3.05, 3.63) is 56.2 Å². The highest BCUT2D eigenvalue weighted by Gasteiger charge is 2.37. The van der Waals surface area contributed by atoms with E-state index in [0.29, 0.717) is 12.0 Å². The van der Waals surface area contributed by atoms with Crippen LogP contribution in [0.15, 0.2) is 29.6 Å². The van der Waals surface area contributed by atoms with E-state index in [9.17, 15) is 4.79 Å². The van der Waals surface area contributed by atoms with Crippen molar-refractivity contribution >= 4 is 29.0 Å². The highest BCUT2D eigenvalue weighted by Crippen LogP contribution is 2.48. The Morgan fingerprint density at radius 1 is 1.10 bits per heavy atom. The summed E-state index contributed by atoms with van der Waals surface area (Å²) < 4.78 is 0. The van der Waals surface area contributed by atoms with E-state index in [-0.39, 0.29) is 6.03 Å². The number of carbonyl (C=O) groups is 1. The molecule has 30 heavy (non-hydrogen) atoms. The average Bonchev–Trinajstić information content (AvgIpc) is 3.45. The number of piperazine rings is 1. The molecule has 5 nitrogen and oxygen atoms in total. The number of hydrogen-bond donors (Lipinski definition) is 1. The number of halogens is 1. The lowest BCUT2D eigenvalue weighted by atomic mass is 9.95. The molecule has 2 saturated heterocycles. The van der Waals surface area contributed by atoms with Crippen LogP contribution in [0.1, 0.15) is 39.9 Å². The molecule has 2 aliphatic heterocycles. The molecule has 3 aliphatic rings. The molecule has 1 aromatic heterocycles. The molecule has 0 unspecified atom stereocenters. The van der Waals surface area contributed by atoms with Crippen LogP contribution in [-0.2, 0) is 0 Å². The highest BCUT2D eigenvalue weighted by atomic mass is 35.5. The maximum absolute atomic E-state index is 11.7. The number of nitrogens with one attached hydrogen (secondary N) is 1. The van der Waals surface area contributed by atoms with Gasteiger partial charge in [0.1, 0.15) is 0 Å². The monoisotopic (exact) mass is 444 g/mol. The van der Waals surface area contributed by atoms with Crippen molar-refractivity contribution in [3.8, 4) is 0 Å². The zero-order valence-electron chi connectivity index (χ0n) is 17.4. The zero-order valence-corrected chi connectivity index (χ0v) is 19.0. The number of amides is 2. The van der Waals surface area contributed by atoms with Crippen molar-refractivity contribution in [1.82, 2.24) is 20.0 Å². The van der Waals surface area contributed by atoms with Gasteiger partial charge in [0.25, 0.3) is 0 Å². The van der Waals surface area contributed by atoms with Crippen molar-refractivity contribution in [2.24, 2.45) is 0 Å². The van der Waals surface area contributed by atoms with Crippen molar-refractivity contribution in [2.45, 2.75) is 25.3 Å². The van der Waals surface area contributed by atoms with Gasteiger partial charge in [-0.2, -0.15) is 0 Å². The molecule has 2 atom stereocenters. The van der Waals surface area contributed by atoms with Gasteiger partial charge in [-0.15, -0.1) is 11.3 Å². The Hall–Kier alpha value is -1.60. The molecule has 1 N–H and O–H groups in total. The molecule has 3 heterocycles. The van der Waals surface area contributed by atoms with Crippen molar-refractivity contribution in [2.75, 3.05) is 52.4 Å². The third-order valence-corrected chi connectivity index (χ3v) is 7.99. The van der Waals surface area contributed by atoms with Crippen molar-refractivity contribution in [3.63, 3.8) is 0 Å². The third kappa shape index (κ3) is 3.98. The number of aryl methyl sites for hydroxylation is 1. The Bertz CT molecular complexity index is 924. The summed E-state index contributed by atoms with van der Waals surface area (Å²) in [5.41, 5.74) is 4.30. The normalized spacial score (nSPS) is 25.0. The van der Waals surface area contributed by atoms with E-state index in [1.807, 2.05) is 22.3 Å². The van der Waals surface area contributed by atoms with Gasteiger partial charge in [0.2, 0.25) is 0 Å². The molecular weight excluding hydrogens is 416 g/mol. The second-order valence-corrected chi connectivity index (χ2v) is 10.2. The molecule has 5 rings (SSSR count). The summed E-state index contributed by atoms with van der Waals surface area (Å²) in [4.78, 5) is 20.2. The summed E-state index contributed by atoms with van der Waals surface area (Å²) in [6.45, 7) is 9.89. The molecule has 0 saturated carbocycles. The van der Waals surface area contributed by atoms with Gasteiger partial charge in [0, 0.05) is 74.2 Å². The summed E-state index contributed by atoms with van der Waals surface area (Å²) in [5.74, 6) is 0.445. The second kappa shape index (κ2) is 8.50. The number of urea groups is 1. The molecule has 0 spiro atoms. The Labute approximate surface area is 187 Å². The lowest BCUT2D eigenvalue weighted by Crippen LogP contribution is -2.49. The van der Waals surface area contributed by atoms with Crippen molar-refractivity contribution in [1.29, 1.82) is 0 Å². The number of fused-ring (bicyclic) bond motifs is 1. The molecule has 1 aromatic carbocycles. The minimum absolute atomic E-state index is 0.0876. The second-order valence-electron chi connectivity index (χ2n) is 8.66. The lowest BCUT2D eigenvalue weighted by molar-refractivity contribution is 0.0905. The van der Waals surface area contributed by atoms with Crippen LogP contribution in [0.5, 0.6) is 0 Å². The van der Waals surface area contributed by atoms with E-state index < -0.39 is 0 Å². The first-order valence-electron chi connectivity index (χ1n) is 10.9. The number of hydrogen-bond acceptors (Lipinski definition) is 4. The molecular formula is C23H29ClN4OS. The summed E-state index contributed by atoms with van der Waals surface area (Å²) in [7, 11) is 0. The van der Waals surface area contributed by atoms with Crippen LogP contribution < -0.4 is 5.32 Å². The fourth-order valence-electron chi connectivity index (χ4n) is 5.22. The standard InChI is InChI=1S/C23H29ClN4OS/c1-16-12-17(15-30-16)20-14-22(19-3-2-18(24)13-21(19)20)27-9-6-26(7-10-27)8-11-28-5-4-25-23(28)29/h2-3,12-13,15,20,22H,4-11,14H2,1H3,(H,25,29)/t20-,22+/m1/s1. The van der Waals surface area contributed by atoms with Gasteiger partial charge in [-0.05, 0) is 53.6 Å². The van der Waals surface area contributed by atoms with Crippen LogP contribution in [0.2, 0.25) is 5.02 Å². The van der Waals surface area contributed by atoms with Crippen LogP contribution in [0.25, 0.3) is 0 Å². The summed E-state index contributed by atoms with van der Waals surface area (Å²) in [6, 6.07) is 9.38. The van der Waals surface area contributed by atoms with Crippen molar-refractivity contribution < 1.29 is 4.79 Å². The molecule has 2 fully saturated rings. The summed E-state index contributed by atoms with van der Waals surface area (Å²) >= 11 is 8.22. The molecule has 160 valence electrons. The van der Waals surface area contributed by atoms with Crippen LogP contribution in [0, 0.1) is 6.92 Å². The maximum atomic E-state index is 11.7. The Morgan fingerprint density at radius 3 is 2.63 bits per heavy atom. The molecule has 7 heteroatoms. The average molecular weight is 445 g/mol. The minimum Gasteiger partial charge on any atom is -0.336 e. The fourth-order valence-corrected chi connectivity index (χ4v) is 6.16. The SMILES string of the molecule is Cc1cc([C@H]2C[C@H](N3CCN(CCN4CCNC4=O)CC3)c3ccc(Cl)cc32)cs1. The van der Waals surface area contributed by atoms with Crippen LogP contribution in [-0.4, -0.2) is 73.1 Å². The number of carbonyl (C=O) groups excluding carboxylic acids is 1. The topological polar surface area (TPSA) is 38.8 Å². The van der Waals surface area contributed by atoms with E-state index in [4.69, 9.17) is 11.6 Å². The minimum atomic E-state index is 0.0876. The van der Waals surface area contributed by atoms with E-state index >= 15 is 0 Å². The predicted molar refractivity (Wildman–Crippen MR) is 123 cm³/mol. The van der Waals surface area contributed by atoms with Gasteiger partial charge < -0.3 is 10.2 Å². The van der Waals surface area contributed by atoms with Gasteiger partial charge >= 0.3 is 6.03 Å². The number of benzene rings is 1. The first-order chi connectivity index (χ1) is 14.6. The molecule has 0 bridgehead atoms. The first kappa shape index (κ1) is 20.3. The number of nitrogens with zero attached hydrogens (tertiary/aromatic N) is 3. The van der Waals surface area contributed by atoms with E-state index in [2.05, 4.69) is 45.6 Å². The maximum Gasteiger partial charge on any atom is 0.317 e.